The van der Waals surface area contributed by atoms with Gasteiger partial charge in [0.15, 0.2) is 0 Å². The van der Waals surface area contributed by atoms with Crippen LogP contribution in [-0.2, 0) is 7.05 Å². The molecule has 1 aromatic carbocycles. The highest BCUT2D eigenvalue weighted by molar-refractivity contribution is 5.92. The fraction of sp³-hybridized carbons (Fsp3) is 0.312. The number of aromatic nitrogens is 4. The summed E-state index contributed by atoms with van der Waals surface area (Å²) in [5.74, 6) is 0.839. The lowest BCUT2D eigenvalue weighted by Crippen LogP contribution is -2.31. The standard InChI is InChI=1S/C16H17N5O/c1-20-10-8-13(19-20)16(22)21-9-4-7-14(21)15-17-11-5-2-3-6-12(11)18-15/h2-3,5-6,8,10,14H,4,7,9H2,1H3,(H,17,18)/t14-/m0/s1. The van der Waals surface area contributed by atoms with Crippen LogP contribution in [0.2, 0.25) is 0 Å². The highest BCUT2D eigenvalue weighted by atomic mass is 16.2. The van der Waals surface area contributed by atoms with Crippen LogP contribution < -0.4 is 0 Å². The summed E-state index contributed by atoms with van der Waals surface area (Å²) in [6.45, 7) is 0.747. The molecule has 0 bridgehead atoms. The van der Waals surface area contributed by atoms with Gasteiger partial charge in [0, 0.05) is 19.8 Å². The number of fused-ring (bicyclic) bond motifs is 1. The number of rotatable bonds is 2. The second-order valence-electron chi connectivity index (χ2n) is 5.67. The molecule has 1 aliphatic heterocycles. The number of H-pyrrole nitrogens is 1. The first-order chi connectivity index (χ1) is 10.7. The molecule has 0 saturated carbocycles. The number of amides is 1. The van der Waals surface area contributed by atoms with Gasteiger partial charge in [-0.15, -0.1) is 0 Å². The molecule has 0 spiro atoms. The quantitative estimate of drug-likeness (QED) is 0.788. The zero-order valence-corrected chi connectivity index (χ0v) is 12.4. The second-order valence-corrected chi connectivity index (χ2v) is 5.67. The number of hydrogen-bond acceptors (Lipinski definition) is 3. The van der Waals surface area contributed by atoms with Crippen LogP contribution in [0.1, 0.15) is 35.2 Å². The van der Waals surface area contributed by atoms with E-state index >= 15 is 0 Å². The van der Waals surface area contributed by atoms with Gasteiger partial charge < -0.3 is 9.88 Å². The second kappa shape index (κ2) is 4.98. The third-order valence-electron chi connectivity index (χ3n) is 4.17. The Morgan fingerprint density at radius 1 is 1.32 bits per heavy atom. The summed E-state index contributed by atoms with van der Waals surface area (Å²) >= 11 is 0. The number of aromatic amines is 1. The van der Waals surface area contributed by atoms with Crippen LogP contribution in [0, 0.1) is 0 Å². The number of likely N-dealkylation sites (tertiary alicyclic amines) is 1. The molecule has 6 nitrogen and oxygen atoms in total. The number of benzene rings is 1. The lowest BCUT2D eigenvalue weighted by atomic mass is 10.2. The maximum atomic E-state index is 12.7. The Balaban J connectivity index is 1.67. The van der Waals surface area contributed by atoms with Gasteiger partial charge in [0.2, 0.25) is 0 Å². The third-order valence-corrected chi connectivity index (χ3v) is 4.17. The van der Waals surface area contributed by atoms with Gasteiger partial charge in [-0.3, -0.25) is 9.48 Å². The molecule has 1 amide bonds. The van der Waals surface area contributed by atoms with Gasteiger partial charge in [0.25, 0.3) is 5.91 Å². The molecule has 0 radical (unpaired) electrons. The monoisotopic (exact) mass is 295 g/mol. The van der Waals surface area contributed by atoms with E-state index in [0.717, 1.165) is 36.2 Å². The van der Waals surface area contributed by atoms with Crippen LogP contribution in [-0.4, -0.2) is 37.1 Å². The van der Waals surface area contributed by atoms with Crippen LogP contribution in [0.5, 0.6) is 0 Å². The van der Waals surface area contributed by atoms with Crippen LogP contribution in [0.3, 0.4) is 0 Å². The minimum atomic E-state index is -0.0245. The number of nitrogens with one attached hydrogen (secondary N) is 1. The van der Waals surface area contributed by atoms with Crippen molar-refractivity contribution < 1.29 is 4.79 Å². The highest BCUT2D eigenvalue weighted by Gasteiger charge is 2.33. The van der Waals surface area contributed by atoms with E-state index in [9.17, 15) is 4.79 Å². The Morgan fingerprint density at radius 2 is 2.18 bits per heavy atom. The van der Waals surface area contributed by atoms with Crippen molar-refractivity contribution in [2.75, 3.05) is 6.54 Å². The van der Waals surface area contributed by atoms with Gasteiger partial charge in [0.05, 0.1) is 17.1 Å². The Hall–Kier alpha value is -2.63. The molecule has 1 fully saturated rings. The Morgan fingerprint density at radius 3 is 2.95 bits per heavy atom. The number of nitrogens with zero attached hydrogens (tertiary/aromatic N) is 4. The molecule has 1 atom stereocenters. The summed E-state index contributed by atoms with van der Waals surface area (Å²) in [6.07, 6.45) is 3.71. The lowest BCUT2D eigenvalue weighted by molar-refractivity contribution is 0.0724. The van der Waals surface area contributed by atoms with Gasteiger partial charge >= 0.3 is 0 Å². The molecule has 0 aliphatic carbocycles. The predicted molar refractivity (Wildman–Crippen MR) is 82.3 cm³/mol. The third kappa shape index (κ3) is 2.07. The number of aryl methyl sites for hydroxylation is 1. The summed E-state index contributed by atoms with van der Waals surface area (Å²) < 4.78 is 1.65. The van der Waals surface area contributed by atoms with Crippen molar-refractivity contribution in [1.82, 2.24) is 24.6 Å². The first-order valence-corrected chi connectivity index (χ1v) is 7.47. The molecule has 3 aromatic rings. The van der Waals surface area contributed by atoms with Crippen molar-refractivity contribution in [2.45, 2.75) is 18.9 Å². The van der Waals surface area contributed by atoms with E-state index < -0.39 is 0 Å². The number of para-hydroxylation sites is 2. The molecule has 4 rings (SSSR count). The zero-order chi connectivity index (χ0) is 15.1. The van der Waals surface area contributed by atoms with E-state index in [4.69, 9.17) is 0 Å². The van der Waals surface area contributed by atoms with Gasteiger partial charge in [-0.2, -0.15) is 5.10 Å². The minimum Gasteiger partial charge on any atom is -0.340 e. The summed E-state index contributed by atoms with van der Waals surface area (Å²) in [6, 6.07) is 9.70. The Labute approximate surface area is 127 Å². The maximum Gasteiger partial charge on any atom is 0.274 e. The van der Waals surface area contributed by atoms with Crippen molar-refractivity contribution in [3.8, 4) is 0 Å². The Kier molecular flexibility index (Phi) is 2.96. The van der Waals surface area contributed by atoms with Crippen LogP contribution >= 0.6 is 0 Å². The summed E-state index contributed by atoms with van der Waals surface area (Å²) in [5, 5.41) is 4.22. The maximum absolute atomic E-state index is 12.7. The van der Waals surface area contributed by atoms with E-state index in [-0.39, 0.29) is 11.9 Å². The van der Waals surface area contributed by atoms with Crippen molar-refractivity contribution in [1.29, 1.82) is 0 Å². The lowest BCUT2D eigenvalue weighted by Gasteiger charge is -2.22. The first kappa shape index (κ1) is 13.1. The molecule has 1 N–H and O–H groups in total. The number of carbonyl (C=O) groups is 1. The highest BCUT2D eigenvalue weighted by Crippen LogP contribution is 2.32. The number of carbonyl (C=O) groups excluding carboxylic acids is 1. The van der Waals surface area contributed by atoms with Gasteiger partial charge in [-0.1, -0.05) is 12.1 Å². The molecule has 1 aliphatic rings. The van der Waals surface area contributed by atoms with E-state index in [0.29, 0.717) is 5.69 Å². The predicted octanol–water partition coefficient (Wildman–Crippen LogP) is 2.27. The van der Waals surface area contributed by atoms with Gasteiger partial charge in [-0.05, 0) is 31.0 Å². The zero-order valence-electron chi connectivity index (χ0n) is 12.4. The average molecular weight is 295 g/mol. The van der Waals surface area contributed by atoms with Crippen molar-refractivity contribution in [3.05, 3.63) is 48.0 Å². The molecule has 0 unspecified atom stereocenters. The van der Waals surface area contributed by atoms with Crippen LogP contribution in [0.25, 0.3) is 11.0 Å². The molecule has 1 saturated heterocycles. The smallest absolute Gasteiger partial charge is 0.274 e. The number of hydrogen-bond donors (Lipinski definition) is 1. The van der Waals surface area contributed by atoms with E-state index in [1.54, 1.807) is 16.9 Å². The van der Waals surface area contributed by atoms with E-state index in [1.165, 1.54) is 0 Å². The molecule has 3 heterocycles. The van der Waals surface area contributed by atoms with Crippen molar-refractivity contribution in [3.63, 3.8) is 0 Å². The van der Waals surface area contributed by atoms with E-state index in [2.05, 4.69) is 15.1 Å². The molecule has 6 heteroatoms. The summed E-state index contributed by atoms with van der Waals surface area (Å²) in [5.41, 5.74) is 2.44. The first-order valence-electron chi connectivity index (χ1n) is 7.47. The number of imidazole rings is 1. The molecular formula is C16H17N5O. The molecule has 22 heavy (non-hydrogen) atoms. The summed E-state index contributed by atoms with van der Waals surface area (Å²) in [4.78, 5) is 22.5. The molecular weight excluding hydrogens is 278 g/mol. The average Bonchev–Trinajstić information content (AvgIpc) is 3.24. The van der Waals surface area contributed by atoms with E-state index in [1.807, 2.05) is 36.2 Å². The fourth-order valence-corrected chi connectivity index (χ4v) is 3.10. The minimum absolute atomic E-state index is 0.00176. The van der Waals surface area contributed by atoms with Crippen molar-refractivity contribution >= 4 is 16.9 Å². The van der Waals surface area contributed by atoms with Crippen molar-refractivity contribution in [2.24, 2.45) is 7.05 Å². The topological polar surface area (TPSA) is 66.8 Å². The van der Waals surface area contributed by atoms with Crippen LogP contribution in [0.4, 0.5) is 0 Å². The fourth-order valence-electron chi connectivity index (χ4n) is 3.10. The normalized spacial score (nSPS) is 18.2. The van der Waals surface area contributed by atoms with Crippen LogP contribution in [0.15, 0.2) is 36.5 Å². The Bertz CT molecular complexity index is 801. The van der Waals surface area contributed by atoms with Gasteiger partial charge in [-0.25, -0.2) is 4.98 Å². The SMILES string of the molecule is Cn1ccc(C(=O)N2CCC[C@H]2c2nc3ccccc3[nH]2)n1. The largest absolute Gasteiger partial charge is 0.340 e. The summed E-state index contributed by atoms with van der Waals surface area (Å²) in [7, 11) is 1.82. The molecule has 2 aromatic heterocycles. The van der Waals surface area contributed by atoms with Gasteiger partial charge in [0.1, 0.15) is 11.5 Å². The molecule has 112 valence electrons.